The number of hydrogen-bond donors (Lipinski definition) is 2. The number of Topliss-reactive ketones (excluding diaryl/α,β-unsaturated/α-hetero) is 5. The summed E-state index contributed by atoms with van der Waals surface area (Å²) < 4.78 is 14.1. The van der Waals surface area contributed by atoms with Crippen molar-refractivity contribution in [3.63, 3.8) is 0 Å². The summed E-state index contributed by atoms with van der Waals surface area (Å²) in [5.74, 6) is 5.52. The van der Waals surface area contributed by atoms with Crippen molar-refractivity contribution >= 4 is 56.9 Å². The molecule has 0 aliphatic heterocycles. The Morgan fingerprint density at radius 2 is 0.843 bits per heavy atom. The van der Waals surface area contributed by atoms with E-state index in [2.05, 4.69) is 148 Å². The zero-order chi connectivity index (χ0) is 82.2. The van der Waals surface area contributed by atoms with Gasteiger partial charge in [-0.05, 0) is 362 Å². The fourth-order valence-electron chi connectivity index (χ4n) is 22.6. The summed E-state index contributed by atoms with van der Waals surface area (Å²) in [6, 6.07) is 58.1. The number of carbonyl (C=O) groups is 5. The molecule has 9 aromatic carbocycles. The molecule has 0 saturated heterocycles. The molecule has 0 radical (unpaired) electrons. The first-order valence-electron chi connectivity index (χ1n) is 42.7. The molecule has 7 nitrogen and oxygen atoms in total. The summed E-state index contributed by atoms with van der Waals surface area (Å²) in [6.45, 7) is 33.0. The van der Waals surface area contributed by atoms with Gasteiger partial charge in [0, 0.05) is 39.8 Å². The molecule has 0 aromatic heterocycles. The number of aromatic hydroxyl groups is 1. The molecule has 10 aliphatic rings. The fraction of sp³-hybridized carbons (Fsp3) is 0.430. The maximum atomic E-state index is 14.1. The number of fused-ring (bicyclic) bond motifs is 3. The summed E-state index contributed by atoms with van der Waals surface area (Å²) in [5.41, 5.74) is 23.9. The lowest BCUT2D eigenvalue weighted by atomic mass is 9.47. The van der Waals surface area contributed by atoms with E-state index in [0.29, 0.717) is 27.9 Å². The summed E-state index contributed by atoms with van der Waals surface area (Å²) in [6.07, 6.45) is 22.1. The smallest absolute Gasteiger partial charge is 0.189 e. The highest BCUT2D eigenvalue weighted by Gasteiger charge is 2.54. The second-order valence-electron chi connectivity index (χ2n) is 39.4. The van der Waals surface area contributed by atoms with Gasteiger partial charge in [-0.2, -0.15) is 0 Å². The molecule has 0 spiro atoms. The van der Waals surface area contributed by atoms with Crippen LogP contribution in [-0.4, -0.2) is 39.1 Å². The molecule has 115 heavy (non-hydrogen) atoms. The van der Waals surface area contributed by atoms with Gasteiger partial charge in [0.2, 0.25) is 0 Å². The van der Waals surface area contributed by atoms with Crippen LogP contribution >= 0.6 is 0 Å². The third kappa shape index (κ3) is 17.2. The Bertz CT molecular complexity index is 5290. The monoisotopic (exact) mass is 1540 g/mol. The van der Waals surface area contributed by atoms with Crippen LogP contribution in [0.3, 0.4) is 0 Å². The maximum absolute atomic E-state index is 14.1. The summed E-state index contributed by atoms with van der Waals surface area (Å²) in [4.78, 5) is 60.6. The zero-order valence-electron chi connectivity index (χ0n) is 71.2. The number of halogens is 1. The van der Waals surface area contributed by atoms with Crippen molar-refractivity contribution in [3.8, 4) is 16.9 Å². The number of hydrogen-bond acceptors (Lipinski definition) is 7. The molecule has 9 aromatic rings. The predicted octanol–water partition coefficient (Wildman–Crippen LogP) is 26.4. The molecule has 19 rings (SSSR count). The highest BCUT2D eigenvalue weighted by Crippen LogP contribution is 2.64. The van der Waals surface area contributed by atoms with Crippen LogP contribution < -0.4 is 0 Å². The quantitative estimate of drug-likeness (QED) is 0.0595. The average Bonchev–Trinajstić information content (AvgIpc) is 0.745. The first-order chi connectivity index (χ1) is 54.4. The van der Waals surface area contributed by atoms with Gasteiger partial charge >= 0.3 is 0 Å². The van der Waals surface area contributed by atoms with E-state index in [0.717, 1.165) is 116 Å². The number of ketones is 5. The van der Waals surface area contributed by atoms with E-state index in [1.807, 2.05) is 98.8 Å². The molecule has 1 atom stereocenters. The number of benzene rings is 9. The van der Waals surface area contributed by atoms with Gasteiger partial charge in [-0.3, -0.25) is 24.0 Å². The minimum atomic E-state index is -1.24. The molecule has 8 bridgehead atoms. The predicted molar refractivity (Wildman–Crippen MR) is 469 cm³/mol. The number of phenols is 1. The Balaban J connectivity index is 0.000000127. The van der Waals surface area contributed by atoms with Gasteiger partial charge in [0.1, 0.15) is 17.7 Å². The standard InChI is InChI=1S/C28H28O2.C28H32O.C27H32O2.C24H29FO2/c1-17(29)21-2-3-23-12-24(5-4-22(23)11-21)25-6-7-27(30)26(13-25)28-14-18-8-19(15-28)10-20(9-18)16-28;1-18-4-7-26(19(2)10-21-5-8-25(9-6-21)20(3)29)14-27(18)28-15-22-11-23(16-28)13-24(12-22)17-28;1-17(20-8-10-21(11-9-20)19(3)28)18(2)25(29)22-12-13-23-24(16-22)27(6,7)15-14-26(23,4)5;1-15-6-7-16(20(25)12-15)14-21(26)22(27)17-8-9-18-19(13-17)24(4,5)11-10-23(18,2)3/h2-7,11-13,18-20,30H,8-10,14-16H2,1H3;4-10,14,22-24H,11-13,15-17H2,1-3H3;8-13,16H,14-15H2,1-7H3;6-9,12-13,22,27H,10-11,14H2,1-5H3/b;19-10+;18-17+;. The van der Waals surface area contributed by atoms with E-state index in [1.54, 1.807) is 45.4 Å². The Kier molecular flexibility index (Phi) is 22.9. The number of phenolic OH excluding ortho intramolecular Hbond substituents is 1. The van der Waals surface area contributed by atoms with E-state index in [4.69, 9.17) is 0 Å². The topological polar surface area (TPSA) is 126 Å². The molecular weight excluding hydrogens is 1420 g/mol. The summed E-state index contributed by atoms with van der Waals surface area (Å²) in [5, 5.41) is 23.7. The Hall–Kier alpha value is -9.24. The zero-order valence-corrected chi connectivity index (χ0v) is 71.2. The molecule has 10 aliphatic carbocycles. The average molecular weight is 1540 g/mol. The number of carbonyl (C=O) groups excluding carboxylic acids is 5. The second kappa shape index (κ2) is 32.0. The lowest BCUT2D eigenvalue weighted by molar-refractivity contribution is -0.126. The van der Waals surface area contributed by atoms with Gasteiger partial charge in [0.15, 0.2) is 28.9 Å². The minimum absolute atomic E-state index is 0.00664. The summed E-state index contributed by atoms with van der Waals surface area (Å²) >= 11 is 0. The molecule has 1 unspecified atom stereocenters. The van der Waals surface area contributed by atoms with Crippen molar-refractivity contribution in [1.82, 2.24) is 0 Å². The number of aryl methyl sites for hydroxylation is 2. The number of aliphatic hydroxyl groups excluding tert-OH is 1. The third-order valence-electron chi connectivity index (χ3n) is 29.0. The summed E-state index contributed by atoms with van der Waals surface area (Å²) in [7, 11) is 0. The van der Waals surface area contributed by atoms with Crippen molar-refractivity contribution < 1.29 is 38.6 Å². The first kappa shape index (κ1) is 82.3. The van der Waals surface area contributed by atoms with E-state index < -0.39 is 11.9 Å². The molecule has 8 saturated carbocycles. The highest BCUT2D eigenvalue weighted by atomic mass is 19.1. The number of allylic oxidation sites excluding steroid dienone is 3. The van der Waals surface area contributed by atoms with Crippen molar-refractivity contribution in [2.45, 2.75) is 259 Å². The van der Waals surface area contributed by atoms with Gasteiger partial charge in [0.25, 0.3) is 0 Å². The normalized spacial score (nSPS) is 24.3. The van der Waals surface area contributed by atoms with E-state index >= 15 is 0 Å². The van der Waals surface area contributed by atoms with Gasteiger partial charge in [0.05, 0.1) is 0 Å². The van der Waals surface area contributed by atoms with Gasteiger partial charge in [-0.25, -0.2) is 4.39 Å². The SMILES string of the molecule is CC(=O)c1ccc(/C(C)=C(\C)C(=O)c2ccc3c(c2)C(C)(C)CCC3(C)C)cc1.CC(=O)c1ccc(/C=C(\C)c2ccc(C)c(C34CC5CC(CC(C5)C3)C4)c2)cc1.CC(=O)c1ccc2cc(-c3ccc(O)c(C45CC6CC(CC(C6)C4)C5)c3)ccc2c1.Cc1ccc(CC(=O)C(O)c2ccc3c(c2)C(C)(C)CCC3(C)C)c(F)c1. The van der Waals surface area contributed by atoms with Crippen LogP contribution in [0, 0.1) is 55.2 Å². The largest absolute Gasteiger partial charge is 0.508 e. The molecule has 8 fully saturated rings. The van der Waals surface area contributed by atoms with Gasteiger partial charge < -0.3 is 10.2 Å². The van der Waals surface area contributed by atoms with Crippen LogP contribution in [0.2, 0.25) is 0 Å². The first-order valence-corrected chi connectivity index (χ1v) is 42.7. The van der Waals surface area contributed by atoms with Crippen molar-refractivity contribution in [3.05, 3.63) is 282 Å². The van der Waals surface area contributed by atoms with Crippen molar-refractivity contribution in [2.24, 2.45) is 35.5 Å². The van der Waals surface area contributed by atoms with E-state index in [9.17, 15) is 38.6 Å². The number of rotatable bonds is 15. The van der Waals surface area contributed by atoms with Crippen molar-refractivity contribution in [2.75, 3.05) is 0 Å². The lowest BCUT2D eigenvalue weighted by Gasteiger charge is -2.57. The molecule has 0 amide bonds. The molecule has 0 heterocycles. The Labute approximate surface area is 684 Å². The Morgan fingerprint density at radius 1 is 0.417 bits per heavy atom. The third-order valence-corrected chi connectivity index (χ3v) is 29.0. The number of aliphatic hydroxyl groups is 1. The molecule has 8 heteroatoms. The highest BCUT2D eigenvalue weighted by molar-refractivity contribution is 6.13. The van der Waals surface area contributed by atoms with E-state index in [-0.39, 0.29) is 62.4 Å². The molecule has 2 N–H and O–H groups in total. The minimum Gasteiger partial charge on any atom is -0.508 e. The van der Waals surface area contributed by atoms with Crippen LogP contribution in [0.1, 0.15) is 320 Å². The lowest BCUT2D eigenvalue weighted by Crippen LogP contribution is -2.48. The maximum Gasteiger partial charge on any atom is 0.189 e. The van der Waals surface area contributed by atoms with Crippen LogP contribution in [0.25, 0.3) is 39.1 Å². The van der Waals surface area contributed by atoms with Gasteiger partial charge in [-0.15, -0.1) is 0 Å². The van der Waals surface area contributed by atoms with Crippen LogP contribution in [0.4, 0.5) is 4.39 Å². The Morgan fingerprint density at radius 3 is 1.37 bits per heavy atom. The van der Waals surface area contributed by atoms with Crippen LogP contribution in [-0.2, 0) is 43.7 Å². The van der Waals surface area contributed by atoms with Crippen molar-refractivity contribution in [1.29, 1.82) is 0 Å². The van der Waals surface area contributed by atoms with Crippen LogP contribution in [0.15, 0.2) is 181 Å². The van der Waals surface area contributed by atoms with Crippen LogP contribution in [0.5, 0.6) is 5.75 Å². The second-order valence-corrected chi connectivity index (χ2v) is 39.4. The van der Waals surface area contributed by atoms with Gasteiger partial charge in [-0.1, -0.05) is 201 Å². The van der Waals surface area contributed by atoms with E-state index in [1.165, 1.54) is 139 Å². The fourth-order valence-corrected chi connectivity index (χ4v) is 22.6. The molecule has 598 valence electrons. The molecular formula is C107H121FO7.